The molecule has 0 radical (unpaired) electrons. The van der Waals surface area contributed by atoms with E-state index >= 15 is 0 Å². The lowest BCUT2D eigenvalue weighted by atomic mass is 10.2. The van der Waals surface area contributed by atoms with Gasteiger partial charge in [0.05, 0.1) is 81.7 Å². The number of fused-ring (bicyclic) bond motifs is 7. The molecule has 0 bridgehead atoms. The molecule has 8 aromatic rings. The third-order valence-electron chi connectivity index (χ3n) is 8.05. The molecule has 0 spiro atoms. The minimum atomic E-state index is -1.35. The van der Waals surface area contributed by atoms with Crippen molar-refractivity contribution in [2.45, 2.75) is 39.3 Å². The van der Waals surface area contributed by atoms with Crippen LogP contribution in [0.25, 0.3) is 67.9 Å². The van der Waals surface area contributed by atoms with Crippen LogP contribution in [0.4, 0.5) is 0 Å². The Kier molecular flexibility index (Phi) is 7.82. The third-order valence-corrected chi connectivity index (χ3v) is 25.3. The van der Waals surface area contributed by atoms with Crippen LogP contribution in [0.5, 0.6) is 0 Å². The van der Waals surface area contributed by atoms with Crippen LogP contribution in [0.2, 0.25) is 39.3 Å². The molecule has 0 amide bonds. The highest BCUT2D eigenvalue weighted by atomic mass is 79.9. The number of halogens is 4. The molecule has 0 atom stereocenters. The van der Waals surface area contributed by atoms with Gasteiger partial charge in [-0.15, -0.1) is 68.0 Å². The monoisotopic (exact) mass is 972 g/mol. The lowest BCUT2D eigenvalue weighted by Gasteiger charge is -2.16. The van der Waals surface area contributed by atoms with Crippen LogP contribution in [-0.4, -0.2) is 16.1 Å². The van der Waals surface area contributed by atoms with Gasteiger partial charge in [-0.1, -0.05) is 73.9 Å². The molecule has 12 heteroatoms. The molecule has 0 saturated carbocycles. The number of benzene rings is 2. The van der Waals surface area contributed by atoms with Crippen LogP contribution in [-0.2, 0) is 0 Å². The Bertz CT molecular complexity index is 2300. The lowest BCUT2D eigenvalue weighted by molar-refractivity contribution is 1.74. The van der Waals surface area contributed by atoms with Crippen molar-refractivity contribution in [2.75, 3.05) is 0 Å². The Hall–Kier alpha value is 0.294. The molecule has 0 N–H and O–H groups in total. The van der Waals surface area contributed by atoms with Crippen molar-refractivity contribution in [1.82, 2.24) is 0 Å². The van der Waals surface area contributed by atoms with Gasteiger partial charge in [0.1, 0.15) is 0 Å². The standard InChI is InChI=1S/C32H24Br4S6Si2/c1-43(2,3)13-7-9-15-17(11-13)37-25-19(33)27(39-23(15)25)29-21(35)31-32(41-29)22(36)30(42-31)28-20(34)26-24(40-28)16-10-8-14(44(4,5)6)12-18(16)38-26/h7-12H,1-6H3. The highest BCUT2D eigenvalue weighted by molar-refractivity contribution is 9.11. The van der Waals surface area contributed by atoms with Gasteiger partial charge in [-0.3, -0.25) is 0 Å². The lowest BCUT2D eigenvalue weighted by Crippen LogP contribution is -2.37. The van der Waals surface area contributed by atoms with E-state index in [2.05, 4.69) is 139 Å². The van der Waals surface area contributed by atoms with Gasteiger partial charge in [0.2, 0.25) is 0 Å². The smallest absolute Gasteiger partial charge is 0.0776 e. The van der Waals surface area contributed by atoms with Crippen molar-refractivity contribution in [3.8, 4) is 19.5 Å². The average molecular weight is 977 g/mol. The maximum absolute atomic E-state index is 4.06. The first-order chi connectivity index (χ1) is 20.7. The minimum Gasteiger partial charge on any atom is -0.133 e. The summed E-state index contributed by atoms with van der Waals surface area (Å²) in [6.07, 6.45) is 0. The Morgan fingerprint density at radius 1 is 0.409 bits per heavy atom. The molecular formula is C32H24Br4S6Si2. The summed E-state index contributed by atoms with van der Waals surface area (Å²) in [7, 11) is -2.70. The highest BCUT2D eigenvalue weighted by Crippen LogP contribution is 2.59. The van der Waals surface area contributed by atoms with E-state index in [4.69, 9.17) is 0 Å². The zero-order valence-corrected chi connectivity index (χ0v) is 37.7. The summed E-state index contributed by atoms with van der Waals surface area (Å²) in [5.74, 6) is 0. The molecule has 44 heavy (non-hydrogen) atoms. The van der Waals surface area contributed by atoms with Gasteiger partial charge in [0.15, 0.2) is 0 Å². The molecule has 6 heterocycles. The normalized spacial score (nSPS) is 13.2. The maximum Gasteiger partial charge on any atom is 0.0776 e. The molecule has 2 aromatic carbocycles. The predicted molar refractivity (Wildman–Crippen MR) is 229 cm³/mol. The topological polar surface area (TPSA) is 0 Å². The van der Waals surface area contributed by atoms with Crippen molar-refractivity contribution in [3.63, 3.8) is 0 Å². The predicted octanol–water partition coefficient (Wildman–Crippen LogP) is 15.3. The number of hydrogen-bond acceptors (Lipinski definition) is 6. The average Bonchev–Trinajstić information content (AvgIpc) is 3.77. The van der Waals surface area contributed by atoms with E-state index in [0.29, 0.717) is 0 Å². The molecule has 224 valence electrons. The summed E-state index contributed by atoms with van der Waals surface area (Å²) in [6.45, 7) is 14.5. The van der Waals surface area contributed by atoms with Gasteiger partial charge < -0.3 is 0 Å². The summed E-state index contributed by atoms with van der Waals surface area (Å²) in [4.78, 5) is 5.25. The molecule has 0 aliphatic rings. The highest BCUT2D eigenvalue weighted by Gasteiger charge is 2.28. The van der Waals surface area contributed by atoms with Gasteiger partial charge in [0.25, 0.3) is 0 Å². The van der Waals surface area contributed by atoms with Gasteiger partial charge in [-0.2, -0.15) is 0 Å². The molecular weight excluding hydrogens is 953 g/mol. The first-order valence-corrected chi connectivity index (χ1v) is 29.0. The minimum absolute atomic E-state index is 1.20. The first-order valence-electron chi connectivity index (χ1n) is 13.9. The summed E-state index contributed by atoms with van der Waals surface area (Å²) in [6, 6.07) is 14.3. The van der Waals surface area contributed by atoms with E-state index in [1.54, 1.807) is 0 Å². The van der Waals surface area contributed by atoms with Crippen LogP contribution < -0.4 is 10.4 Å². The molecule has 0 unspecified atom stereocenters. The SMILES string of the molecule is C[Si](C)(C)c1ccc2c(c1)sc1c(Br)c(-c3sc4c(Br)c(-c5sc6c(sc7cc([Si](C)(C)C)ccc76)c5Br)sc4c3Br)sc12. The Morgan fingerprint density at radius 2 is 0.705 bits per heavy atom. The van der Waals surface area contributed by atoms with Crippen molar-refractivity contribution in [1.29, 1.82) is 0 Å². The molecule has 0 fully saturated rings. The number of rotatable bonds is 4. The zero-order chi connectivity index (χ0) is 31.0. The van der Waals surface area contributed by atoms with E-state index in [-0.39, 0.29) is 0 Å². The molecule has 8 rings (SSSR count). The van der Waals surface area contributed by atoms with Crippen LogP contribution in [0, 0.1) is 0 Å². The first kappa shape index (κ1) is 31.6. The van der Waals surface area contributed by atoms with Crippen LogP contribution in [0.1, 0.15) is 0 Å². The van der Waals surface area contributed by atoms with E-state index in [0.717, 1.165) is 0 Å². The molecule has 6 aromatic heterocycles. The number of thiophene rings is 6. The van der Waals surface area contributed by atoms with Crippen LogP contribution in [0.15, 0.2) is 54.3 Å². The third kappa shape index (κ3) is 4.82. The molecule has 0 saturated heterocycles. The Balaban J connectivity index is 1.22. The Labute approximate surface area is 315 Å². The Morgan fingerprint density at radius 3 is 1.02 bits per heavy atom. The van der Waals surface area contributed by atoms with Crippen LogP contribution >= 0.6 is 132 Å². The van der Waals surface area contributed by atoms with Crippen LogP contribution in [0.3, 0.4) is 0 Å². The van der Waals surface area contributed by atoms with E-state index in [1.807, 2.05) is 68.0 Å². The van der Waals surface area contributed by atoms with Gasteiger partial charge in [0, 0.05) is 20.2 Å². The number of hydrogen-bond donors (Lipinski definition) is 0. The largest absolute Gasteiger partial charge is 0.133 e. The van der Waals surface area contributed by atoms with Gasteiger partial charge in [-0.25, -0.2) is 0 Å². The summed E-state index contributed by atoms with van der Waals surface area (Å²) >= 11 is 27.7. The zero-order valence-electron chi connectivity index (χ0n) is 24.4. The van der Waals surface area contributed by atoms with Crippen molar-refractivity contribution in [2.24, 2.45) is 0 Å². The second-order valence-corrected chi connectivity index (χ2v) is 32.6. The van der Waals surface area contributed by atoms with Gasteiger partial charge in [-0.05, 0) is 75.9 Å². The van der Waals surface area contributed by atoms with E-state index in [1.165, 1.54) is 96.1 Å². The summed E-state index contributed by atoms with van der Waals surface area (Å²) < 4.78 is 15.8. The summed E-state index contributed by atoms with van der Waals surface area (Å²) in [5.41, 5.74) is 0. The van der Waals surface area contributed by atoms with E-state index in [9.17, 15) is 0 Å². The maximum atomic E-state index is 4.06. The van der Waals surface area contributed by atoms with Crippen molar-refractivity contribution >= 4 is 207 Å². The fourth-order valence-electron chi connectivity index (χ4n) is 5.54. The second-order valence-electron chi connectivity index (χ2n) is 13.1. The van der Waals surface area contributed by atoms with Crippen molar-refractivity contribution in [3.05, 3.63) is 54.3 Å². The summed E-state index contributed by atoms with van der Waals surface area (Å²) in [5, 5.41) is 5.82. The van der Waals surface area contributed by atoms with E-state index < -0.39 is 16.1 Å². The fraction of sp³-hybridized carbons (Fsp3) is 0.188. The molecule has 0 nitrogen and oxygen atoms in total. The molecule has 0 aliphatic heterocycles. The van der Waals surface area contributed by atoms with Crippen molar-refractivity contribution < 1.29 is 0 Å². The molecule has 0 aliphatic carbocycles. The fourth-order valence-corrected chi connectivity index (χ4v) is 20.5. The quantitative estimate of drug-likeness (QED) is 0.154. The van der Waals surface area contributed by atoms with Gasteiger partial charge >= 0.3 is 0 Å². The second kappa shape index (κ2) is 10.9.